The first-order chi connectivity index (χ1) is 13.8. The summed E-state index contributed by atoms with van der Waals surface area (Å²) in [5.74, 6) is 0.0913. The Balaban J connectivity index is 1.48. The van der Waals surface area contributed by atoms with Crippen molar-refractivity contribution < 1.29 is 13.2 Å². The van der Waals surface area contributed by atoms with Gasteiger partial charge in [-0.15, -0.1) is 11.3 Å². The molecule has 0 bridgehead atoms. The molecule has 4 rings (SSSR count). The lowest BCUT2D eigenvalue weighted by Crippen LogP contribution is -2.45. The molecule has 0 aliphatic carbocycles. The van der Waals surface area contributed by atoms with Crippen molar-refractivity contribution in [2.75, 3.05) is 23.9 Å². The number of para-hydroxylation sites is 1. The second-order valence-electron chi connectivity index (χ2n) is 7.44. The quantitative estimate of drug-likeness (QED) is 0.672. The number of nitrogens with one attached hydrogen (secondary N) is 1. The van der Waals surface area contributed by atoms with E-state index in [1.807, 2.05) is 42.5 Å². The average molecular weight is 430 g/mol. The minimum atomic E-state index is -3.03. The monoisotopic (exact) mass is 429 g/mol. The highest BCUT2D eigenvalue weighted by molar-refractivity contribution is 7.91. The van der Waals surface area contributed by atoms with Crippen molar-refractivity contribution in [3.63, 3.8) is 0 Å². The number of fused-ring (bicyclic) bond motifs is 1. The Hall–Kier alpha value is -2.45. The van der Waals surface area contributed by atoms with Crippen LogP contribution in [0.5, 0.6) is 0 Å². The summed E-state index contributed by atoms with van der Waals surface area (Å²) in [4.78, 5) is 19.0. The molecule has 1 amide bonds. The number of thiazole rings is 1. The van der Waals surface area contributed by atoms with Gasteiger partial charge < -0.3 is 10.2 Å². The fourth-order valence-electron chi connectivity index (χ4n) is 3.62. The molecule has 2 atom stereocenters. The molecular weight excluding hydrogens is 406 g/mol. The van der Waals surface area contributed by atoms with Crippen LogP contribution < -0.4 is 5.32 Å². The van der Waals surface area contributed by atoms with Gasteiger partial charge >= 0.3 is 0 Å². The van der Waals surface area contributed by atoms with Gasteiger partial charge in [0.25, 0.3) is 0 Å². The Kier molecular flexibility index (Phi) is 5.31. The SMILES string of the molecule is CC(Nc1cccc(-c2nc3ccccc3s2)c1)C(=O)N(C)C1CCS(=O)(=O)C1. The third kappa shape index (κ3) is 4.28. The molecule has 2 aromatic carbocycles. The Morgan fingerprint density at radius 3 is 2.76 bits per heavy atom. The second-order valence-corrected chi connectivity index (χ2v) is 10.7. The summed E-state index contributed by atoms with van der Waals surface area (Å²) in [6.45, 7) is 1.80. The zero-order chi connectivity index (χ0) is 20.6. The number of carbonyl (C=O) groups excluding carboxylic acids is 1. The van der Waals surface area contributed by atoms with Crippen molar-refractivity contribution in [3.05, 3.63) is 48.5 Å². The molecule has 8 heteroatoms. The molecule has 1 aliphatic heterocycles. The lowest BCUT2D eigenvalue weighted by atomic mass is 10.1. The van der Waals surface area contributed by atoms with E-state index in [0.717, 1.165) is 26.5 Å². The second kappa shape index (κ2) is 7.76. The molecule has 2 unspecified atom stereocenters. The number of nitrogens with zero attached hydrogens (tertiary/aromatic N) is 2. The van der Waals surface area contributed by atoms with E-state index in [2.05, 4.69) is 11.4 Å². The van der Waals surface area contributed by atoms with Crippen LogP contribution in [0, 0.1) is 0 Å². The van der Waals surface area contributed by atoms with Crippen LogP contribution in [-0.4, -0.2) is 54.8 Å². The number of hydrogen-bond acceptors (Lipinski definition) is 6. The maximum Gasteiger partial charge on any atom is 0.244 e. The molecule has 0 spiro atoms. The summed E-state index contributed by atoms with van der Waals surface area (Å²) in [6.07, 6.45) is 0.504. The van der Waals surface area contributed by atoms with Crippen LogP contribution in [-0.2, 0) is 14.6 Å². The van der Waals surface area contributed by atoms with Crippen LogP contribution in [0.25, 0.3) is 20.8 Å². The summed E-state index contributed by atoms with van der Waals surface area (Å²) in [7, 11) is -1.34. The van der Waals surface area contributed by atoms with E-state index in [9.17, 15) is 13.2 Å². The van der Waals surface area contributed by atoms with Crippen molar-refractivity contribution in [2.45, 2.75) is 25.4 Å². The third-order valence-corrected chi connectivity index (χ3v) is 8.10. The highest BCUT2D eigenvalue weighted by atomic mass is 32.2. The van der Waals surface area contributed by atoms with Crippen molar-refractivity contribution >= 4 is 43.0 Å². The van der Waals surface area contributed by atoms with E-state index in [1.165, 1.54) is 0 Å². The van der Waals surface area contributed by atoms with Gasteiger partial charge in [-0.2, -0.15) is 0 Å². The number of amides is 1. The molecular formula is C21H23N3O3S2. The molecule has 6 nitrogen and oxygen atoms in total. The molecule has 2 heterocycles. The number of sulfone groups is 1. The van der Waals surface area contributed by atoms with Gasteiger partial charge in [-0.3, -0.25) is 4.79 Å². The summed E-state index contributed by atoms with van der Waals surface area (Å²) in [5, 5.41) is 4.18. The Morgan fingerprint density at radius 2 is 2.03 bits per heavy atom. The Labute approximate surface area is 174 Å². The summed E-state index contributed by atoms with van der Waals surface area (Å²) < 4.78 is 24.6. The maximum absolute atomic E-state index is 12.8. The van der Waals surface area contributed by atoms with Crippen LogP contribution >= 0.6 is 11.3 Å². The molecule has 1 aliphatic rings. The van der Waals surface area contributed by atoms with Crippen LogP contribution in [0.2, 0.25) is 0 Å². The molecule has 0 radical (unpaired) electrons. The molecule has 29 heavy (non-hydrogen) atoms. The fourth-order valence-corrected chi connectivity index (χ4v) is 6.35. The molecule has 3 aromatic rings. The fraction of sp³-hybridized carbons (Fsp3) is 0.333. The molecule has 1 saturated heterocycles. The number of aromatic nitrogens is 1. The summed E-state index contributed by atoms with van der Waals surface area (Å²) in [5.41, 5.74) is 2.80. The normalized spacial score (nSPS) is 19.2. The third-order valence-electron chi connectivity index (χ3n) is 5.26. The van der Waals surface area contributed by atoms with Crippen LogP contribution in [0.1, 0.15) is 13.3 Å². The number of benzene rings is 2. The molecule has 1 fully saturated rings. The predicted molar refractivity (Wildman–Crippen MR) is 118 cm³/mol. The first kappa shape index (κ1) is 19.8. The molecule has 0 saturated carbocycles. The van der Waals surface area contributed by atoms with E-state index < -0.39 is 15.9 Å². The number of carbonyl (C=O) groups is 1. The zero-order valence-electron chi connectivity index (χ0n) is 16.3. The van der Waals surface area contributed by atoms with Crippen LogP contribution in [0.3, 0.4) is 0 Å². The van der Waals surface area contributed by atoms with E-state index in [4.69, 9.17) is 4.98 Å². The topological polar surface area (TPSA) is 79.4 Å². The number of rotatable bonds is 5. The lowest BCUT2D eigenvalue weighted by Gasteiger charge is -2.27. The van der Waals surface area contributed by atoms with Gasteiger partial charge in [0.2, 0.25) is 5.91 Å². The van der Waals surface area contributed by atoms with Gasteiger partial charge in [-0.1, -0.05) is 24.3 Å². The van der Waals surface area contributed by atoms with Crippen molar-refractivity contribution in [1.82, 2.24) is 9.88 Å². The van der Waals surface area contributed by atoms with Gasteiger partial charge in [-0.25, -0.2) is 13.4 Å². The molecule has 1 aromatic heterocycles. The highest BCUT2D eigenvalue weighted by Gasteiger charge is 2.34. The number of likely N-dealkylation sites (N-methyl/N-ethyl adjacent to an activating group) is 1. The van der Waals surface area contributed by atoms with Crippen molar-refractivity contribution in [3.8, 4) is 10.6 Å². The zero-order valence-corrected chi connectivity index (χ0v) is 18.0. The Bertz CT molecular complexity index is 1120. The van der Waals surface area contributed by atoms with Gasteiger partial charge in [0.05, 0.1) is 21.7 Å². The smallest absolute Gasteiger partial charge is 0.244 e. The van der Waals surface area contributed by atoms with Crippen LogP contribution in [0.15, 0.2) is 48.5 Å². The Morgan fingerprint density at radius 1 is 1.24 bits per heavy atom. The van der Waals surface area contributed by atoms with Gasteiger partial charge in [0.1, 0.15) is 11.0 Å². The average Bonchev–Trinajstić information content (AvgIpc) is 3.30. The minimum absolute atomic E-state index is 0.0506. The van der Waals surface area contributed by atoms with Gasteiger partial charge in [0.15, 0.2) is 9.84 Å². The number of hydrogen-bond donors (Lipinski definition) is 1. The molecule has 1 N–H and O–H groups in total. The predicted octanol–water partition coefficient (Wildman–Crippen LogP) is 3.41. The summed E-state index contributed by atoms with van der Waals surface area (Å²) in [6, 6.07) is 15.2. The van der Waals surface area contributed by atoms with Gasteiger partial charge in [-0.05, 0) is 37.6 Å². The van der Waals surface area contributed by atoms with Gasteiger partial charge in [0, 0.05) is 24.3 Å². The number of anilines is 1. The molecule has 152 valence electrons. The standard InChI is InChI=1S/C21H23N3O3S2/c1-14(21(25)24(2)17-10-11-29(26,27)13-17)22-16-7-5-6-15(12-16)20-23-18-8-3-4-9-19(18)28-20/h3-9,12,14,17,22H,10-11,13H2,1-2H3. The van der Waals surface area contributed by atoms with E-state index in [-0.39, 0.29) is 23.5 Å². The van der Waals surface area contributed by atoms with E-state index in [1.54, 1.807) is 30.2 Å². The first-order valence-electron chi connectivity index (χ1n) is 9.52. The van der Waals surface area contributed by atoms with E-state index >= 15 is 0 Å². The van der Waals surface area contributed by atoms with Crippen molar-refractivity contribution in [1.29, 1.82) is 0 Å². The summed E-state index contributed by atoms with van der Waals surface area (Å²) >= 11 is 1.63. The maximum atomic E-state index is 12.8. The largest absolute Gasteiger partial charge is 0.374 e. The van der Waals surface area contributed by atoms with E-state index in [0.29, 0.717) is 6.42 Å². The van der Waals surface area contributed by atoms with Crippen molar-refractivity contribution in [2.24, 2.45) is 0 Å². The van der Waals surface area contributed by atoms with Crippen LogP contribution in [0.4, 0.5) is 5.69 Å². The lowest BCUT2D eigenvalue weighted by molar-refractivity contribution is -0.132. The minimum Gasteiger partial charge on any atom is -0.374 e. The first-order valence-corrected chi connectivity index (χ1v) is 12.2. The highest BCUT2D eigenvalue weighted by Crippen LogP contribution is 2.31.